The molecule has 1 aliphatic heterocycles. The Kier molecular flexibility index (Phi) is 8.55. The number of aliphatic hydroxyl groups is 1. The van der Waals surface area contributed by atoms with Gasteiger partial charge in [-0.2, -0.15) is 18.4 Å². The third kappa shape index (κ3) is 5.92. The Morgan fingerprint density at radius 1 is 1.10 bits per heavy atom. The third-order valence-electron chi connectivity index (χ3n) is 7.32. The molecule has 0 bridgehead atoms. The number of nitriles is 1. The van der Waals surface area contributed by atoms with Gasteiger partial charge in [0.15, 0.2) is 11.5 Å². The van der Waals surface area contributed by atoms with Gasteiger partial charge in [0.2, 0.25) is 0 Å². The van der Waals surface area contributed by atoms with Crippen molar-refractivity contribution >= 4 is 33.1 Å². The average Bonchev–Trinajstić information content (AvgIpc) is 2.94. The SMILES string of the molecule is COc1ccc(S(=O)(=O)Nc2c(C)nc(N3CCC(O)(c4ccc(Cl)c(C(F)(F)F)c4)CC3)c(C#N)c2C)cc1OC. The second-order valence-electron chi connectivity index (χ2n) is 9.84. The summed E-state index contributed by atoms with van der Waals surface area (Å²) in [6, 6.07) is 9.58. The monoisotopic (exact) mass is 624 g/mol. The first kappa shape index (κ1) is 31.2. The molecular formula is C28H28ClF3N4O5S. The number of nitrogens with one attached hydrogen (secondary N) is 1. The molecule has 14 heteroatoms. The van der Waals surface area contributed by atoms with Gasteiger partial charge in [-0.15, -0.1) is 0 Å². The molecular weight excluding hydrogens is 597 g/mol. The molecule has 1 aromatic heterocycles. The zero-order valence-electron chi connectivity index (χ0n) is 23.1. The van der Waals surface area contributed by atoms with Gasteiger partial charge in [0.05, 0.1) is 52.2 Å². The lowest BCUT2D eigenvalue weighted by atomic mass is 9.83. The summed E-state index contributed by atoms with van der Waals surface area (Å²) >= 11 is 5.74. The fourth-order valence-corrected chi connectivity index (χ4v) is 6.36. The van der Waals surface area contributed by atoms with Crippen LogP contribution in [0.5, 0.6) is 11.5 Å². The molecule has 224 valence electrons. The summed E-state index contributed by atoms with van der Waals surface area (Å²) in [6.45, 7) is 3.54. The number of methoxy groups -OCH3 is 2. The quantitative estimate of drug-likeness (QED) is 0.351. The first-order valence-corrected chi connectivity index (χ1v) is 14.5. The van der Waals surface area contributed by atoms with Gasteiger partial charge in [0.25, 0.3) is 10.0 Å². The minimum atomic E-state index is -4.67. The lowest BCUT2D eigenvalue weighted by Gasteiger charge is -2.40. The predicted octanol–water partition coefficient (Wildman–Crippen LogP) is 5.55. The molecule has 0 unspecified atom stereocenters. The molecule has 0 aliphatic carbocycles. The Morgan fingerprint density at radius 3 is 2.31 bits per heavy atom. The number of nitrogens with zero attached hydrogens (tertiary/aromatic N) is 3. The molecule has 0 saturated carbocycles. The summed E-state index contributed by atoms with van der Waals surface area (Å²) in [5.41, 5.74) is -1.56. The Labute approximate surface area is 246 Å². The van der Waals surface area contributed by atoms with Crippen LogP contribution in [0.3, 0.4) is 0 Å². The van der Waals surface area contributed by atoms with Crippen LogP contribution in [0.4, 0.5) is 24.7 Å². The number of alkyl halides is 3. The summed E-state index contributed by atoms with van der Waals surface area (Å²) in [5.74, 6) is 0.862. The van der Waals surface area contributed by atoms with E-state index in [4.69, 9.17) is 21.1 Å². The van der Waals surface area contributed by atoms with E-state index in [0.29, 0.717) is 17.0 Å². The number of halogens is 4. The number of anilines is 2. The molecule has 1 aliphatic rings. The summed E-state index contributed by atoms with van der Waals surface area (Å²) < 4.78 is 79.6. The molecule has 0 spiro atoms. The van der Waals surface area contributed by atoms with Crippen LogP contribution in [0.25, 0.3) is 0 Å². The second kappa shape index (κ2) is 11.5. The molecule has 0 amide bonds. The number of rotatable bonds is 7. The maximum absolute atomic E-state index is 13.4. The standard InChI is InChI=1S/C28H28ClF3N4O5S/c1-16-20(15-33)26(34-17(2)25(16)35-42(38,39)19-6-8-23(40-3)24(14-19)41-4)36-11-9-27(37,10-12-36)18-5-7-22(29)21(13-18)28(30,31)32/h5-8,13-14,35,37H,9-12H2,1-4H3. The van der Waals surface area contributed by atoms with Crippen molar-refractivity contribution in [2.75, 3.05) is 36.9 Å². The van der Waals surface area contributed by atoms with Crippen LogP contribution in [-0.2, 0) is 21.8 Å². The Morgan fingerprint density at radius 2 is 1.74 bits per heavy atom. The first-order chi connectivity index (χ1) is 19.6. The van der Waals surface area contributed by atoms with Gasteiger partial charge in [-0.25, -0.2) is 13.4 Å². The van der Waals surface area contributed by atoms with Crippen molar-refractivity contribution < 1.29 is 36.2 Å². The minimum absolute atomic E-state index is 0.0598. The van der Waals surface area contributed by atoms with Gasteiger partial charge in [-0.05, 0) is 62.1 Å². The molecule has 3 aromatic rings. The molecule has 0 atom stereocenters. The maximum atomic E-state index is 13.4. The van der Waals surface area contributed by atoms with E-state index < -0.39 is 32.4 Å². The number of ether oxygens (including phenoxy) is 2. The smallest absolute Gasteiger partial charge is 0.417 e. The van der Waals surface area contributed by atoms with Crippen LogP contribution in [0.2, 0.25) is 5.02 Å². The Balaban J connectivity index is 1.61. The van der Waals surface area contributed by atoms with Crippen molar-refractivity contribution in [3.05, 3.63) is 69.4 Å². The lowest BCUT2D eigenvalue weighted by Crippen LogP contribution is -2.43. The maximum Gasteiger partial charge on any atom is 0.417 e. The molecule has 1 fully saturated rings. The highest BCUT2D eigenvalue weighted by Gasteiger charge is 2.39. The van der Waals surface area contributed by atoms with Crippen LogP contribution >= 0.6 is 11.6 Å². The zero-order chi connectivity index (χ0) is 31.0. The second-order valence-corrected chi connectivity index (χ2v) is 11.9. The van der Waals surface area contributed by atoms with Crippen molar-refractivity contribution in [1.29, 1.82) is 5.26 Å². The molecule has 2 heterocycles. The van der Waals surface area contributed by atoms with Crippen LogP contribution in [-0.4, -0.2) is 45.8 Å². The number of aryl methyl sites for hydroxylation is 1. The molecule has 1 saturated heterocycles. The van der Waals surface area contributed by atoms with E-state index in [1.807, 2.05) is 0 Å². The fraction of sp³-hybridized carbons (Fsp3) is 0.357. The van der Waals surface area contributed by atoms with Gasteiger partial charge in [-0.3, -0.25) is 4.72 Å². The van der Waals surface area contributed by atoms with Gasteiger partial charge in [0.1, 0.15) is 11.9 Å². The highest BCUT2D eigenvalue weighted by molar-refractivity contribution is 7.92. The number of hydrogen-bond donors (Lipinski definition) is 2. The number of hydrogen-bond acceptors (Lipinski definition) is 8. The number of piperidine rings is 1. The van der Waals surface area contributed by atoms with Crippen LogP contribution < -0.4 is 19.1 Å². The molecule has 9 nitrogen and oxygen atoms in total. The van der Waals surface area contributed by atoms with Crippen molar-refractivity contribution in [3.63, 3.8) is 0 Å². The van der Waals surface area contributed by atoms with E-state index >= 15 is 0 Å². The zero-order valence-corrected chi connectivity index (χ0v) is 24.7. The van der Waals surface area contributed by atoms with Gasteiger partial charge >= 0.3 is 6.18 Å². The van der Waals surface area contributed by atoms with E-state index in [1.165, 1.54) is 38.5 Å². The highest BCUT2D eigenvalue weighted by Crippen LogP contribution is 2.41. The molecule has 4 rings (SSSR count). The van der Waals surface area contributed by atoms with Crippen LogP contribution in [0.15, 0.2) is 41.3 Å². The number of sulfonamides is 1. The van der Waals surface area contributed by atoms with E-state index in [9.17, 15) is 32.0 Å². The van der Waals surface area contributed by atoms with Crippen molar-refractivity contribution in [1.82, 2.24) is 4.98 Å². The van der Waals surface area contributed by atoms with Crippen LogP contribution in [0.1, 0.15) is 40.8 Å². The normalized spacial score (nSPS) is 15.2. The van der Waals surface area contributed by atoms with E-state index in [0.717, 1.165) is 12.1 Å². The van der Waals surface area contributed by atoms with Gasteiger partial charge in [0, 0.05) is 19.2 Å². The molecule has 2 N–H and O–H groups in total. The fourth-order valence-electron chi connectivity index (χ4n) is 4.93. The summed E-state index contributed by atoms with van der Waals surface area (Å²) in [7, 11) is -1.30. The van der Waals surface area contributed by atoms with E-state index in [-0.39, 0.29) is 59.2 Å². The predicted molar refractivity (Wildman–Crippen MR) is 151 cm³/mol. The molecule has 42 heavy (non-hydrogen) atoms. The van der Waals surface area contributed by atoms with Crippen molar-refractivity contribution in [3.8, 4) is 17.6 Å². The summed E-state index contributed by atoms with van der Waals surface area (Å²) in [6.07, 6.45) is -4.55. The summed E-state index contributed by atoms with van der Waals surface area (Å²) in [4.78, 5) is 6.19. The van der Waals surface area contributed by atoms with E-state index in [2.05, 4.69) is 15.8 Å². The van der Waals surface area contributed by atoms with Crippen LogP contribution in [0, 0.1) is 25.2 Å². The largest absolute Gasteiger partial charge is 0.493 e. The molecule has 0 radical (unpaired) electrons. The number of pyridine rings is 1. The Hall–Kier alpha value is -3.73. The first-order valence-electron chi connectivity index (χ1n) is 12.7. The van der Waals surface area contributed by atoms with Gasteiger partial charge < -0.3 is 19.5 Å². The van der Waals surface area contributed by atoms with Crippen molar-refractivity contribution in [2.24, 2.45) is 0 Å². The highest BCUT2D eigenvalue weighted by atomic mass is 35.5. The van der Waals surface area contributed by atoms with Crippen molar-refractivity contribution in [2.45, 2.75) is 43.4 Å². The lowest BCUT2D eigenvalue weighted by molar-refractivity contribution is -0.137. The Bertz CT molecular complexity index is 1670. The topological polar surface area (TPSA) is 125 Å². The van der Waals surface area contributed by atoms with E-state index in [1.54, 1.807) is 18.7 Å². The minimum Gasteiger partial charge on any atom is -0.493 e. The summed E-state index contributed by atoms with van der Waals surface area (Å²) in [5, 5.41) is 20.8. The average molecular weight is 625 g/mol. The third-order valence-corrected chi connectivity index (χ3v) is 9.00. The molecule has 2 aromatic carbocycles. The van der Waals surface area contributed by atoms with Gasteiger partial charge in [-0.1, -0.05) is 17.7 Å². The number of aromatic nitrogens is 1. The number of benzene rings is 2.